The highest BCUT2D eigenvalue weighted by molar-refractivity contribution is 5.63. The monoisotopic (exact) mass is 257 g/mol. The first-order chi connectivity index (χ1) is 9.15. The van der Waals surface area contributed by atoms with E-state index in [0.29, 0.717) is 6.61 Å². The Kier molecular flexibility index (Phi) is 4.00. The number of ether oxygens (including phenoxy) is 1. The second-order valence-corrected chi connectivity index (χ2v) is 4.42. The second-order valence-electron chi connectivity index (χ2n) is 4.42. The molecule has 0 unspecified atom stereocenters. The summed E-state index contributed by atoms with van der Waals surface area (Å²) in [5.41, 5.74) is 4.12. The van der Waals surface area contributed by atoms with Crippen LogP contribution in [0.5, 0.6) is 5.75 Å². The lowest BCUT2D eigenvalue weighted by atomic mass is 10.1. The lowest BCUT2D eigenvalue weighted by Crippen LogP contribution is -1.99. The first-order valence-corrected chi connectivity index (χ1v) is 6.41. The highest BCUT2D eigenvalue weighted by Gasteiger charge is 2.07. The van der Waals surface area contributed by atoms with Crippen LogP contribution in [0.4, 0.5) is 5.82 Å². The van der Waals surface area contributed by atoms with Gasteiger partial charge < -0.3 is 10.1 Å². The molecule has 1 aromatic carbocycles. The molecular formula is C15H19N3O. The Labute approximate surface area is 113 Å². The van der Waals surface area contributed by atoms with E-state index in [1.165, 1.54) is 0 Å². The molecule has 0 spiro atoms. The first kappa shape index (κ1) is 13.3. The molecule has 4 nitrogen and oxygen atoms in total. The van der Waals surface area contributed by atoms with Gasteiger partial charge in [-0.2, -0.15) is 0 Å². The number of aromatic nitrogens is 2. The van der Waals surface area contributed by atoms with E-state index in [-0.39, 0.29) is 0 Å². The van der Waals surface area contributed by atoms with Gasteiger partial charge in [-0.15, -0.1) is 10.2 Å². The van der Waals surface area contributed by atoms with E-state index < -0.39 is 0 Å². The van der Waals surface area contributed by atoms with Crippen LogP contribution < -0.4 is 10.1 Å². The van der Waals surface area contributed by atoms with Crippen LogP contribution in [0.15, 0.2) is 24.3 Å². The zero-order chi connectivity index (χ0) is 13.8. The molecule has 1 aromatic heterocycles. The Morgan fingerprint density at radius 2 is 1.89 bits per heavy atom. The van der Waals surface area contributed by atoms with Crippen LogP contribution in [0.2, 0.25) is 0 Å². The van der Waals surface area contributed by atoms with Gasteiger partial charge in [0.15, 0.2) is 5.82 Å². The van der Waals surface area contributed by atoms with Crippen LogP contribution in [0, 0.1) is 13.8 Å². The molecule has 0 fully saturated rings. The number of hydrogen-bond donors (Lipinski definition) is 1. The largest absolute Gasteiger partial charge is 0.494 e. The minimum absolute atomic E-state index is 0.677. The lowest BCUT2D eigenvalue weighted by Gasteiger charge is -2.10. The summed E-state index contributed by atoms with van der Waals surface area (Å²) in [6.45, 7) is 6.72. The summed E-state index contributed by atoms with van der Waals surface area (Å²) < 4.78 is 5.54. The summed E-state index contributed by atoms with van der Waals surface area (Å²) >= 11 is 0. The summed E-state index contributed by atoms with van der Waals surface area (Å²) in [4.78, 5) is 0. The molecule has 0 saturated carbocycles. The maximum Gasteiger partial charge on any atom is 0.151 e. The number of nitrogens with one attached hydrogen (secondary N) is 1. The molecule has 0 aliphatic heterocycles. The predicted octanol–water partition coefficient (Wildman–Crippen LogP) is 3.20. The fourth-order valence-electron chi connectivity index (χ4n) is 2.00. The van der Waals surface area contributed by atoms with E-state index in [4.69, 9.17) is 4.74 Å². The zero-order valence-corrected chi connectivity index (χ0v) is 11.8. The van der Waals surface area contributed by atoms with Crippen molar-refractivity contribution in [3.8, 4) is 17.0 Å². The molecule has 0 aliphatic carbocycles. The van der Waals surface area contributed by atoms with E-state index in [2.05, 4.69) is 21.6 Å². The standard InChI is InChI=1S/C15H19N3O/c1-5-19-14-7-6-12(8-10(14)2)13-9-11(3)15(16-4)18-17-13/h6-9H,5H2,1-4H3,(H,16,18). The number of nitrogens with zero attached hydrogens (tertiary/aromatic N) is 2. The van der Waals surface area contributed by atoms with E-state index in [0.717, 1.165) is 34.0 Å². The van der Waals surface area contributed by atoms with Crippen LogP contribution in [0.1, 0.15) is 18.1 Å². The quantitative estimate of drug-likeness (QED) is 0.913. The van der Waals surface area contributed by atoms with E-state index in [1.807, 2.05) is 46.0 Å². The van der Waals surface area contributed by atoms with Gasteiger partial charge in [-0.25, -0.2) is 0 Å². The molecule has 2 rings (SSSR count). The van der Waals surface area contributed by atoms with Gasteiger partial charge in [0.2, 0.25) is 0 Å². The molecule has 2 aromatic rings. The molecular weight excluding hydrogens is 238 g/mol. The van der Waals surface area contributed by atoms with Gasteiger partial charge in [0.05, 0.1) is 12.3 Å². The van der Waals surface area contributed by atoms with Gasteiger partial charge in [0.1, 0.15) is 5.75 Å². The summed E-state index contributed by atoms with van der Waals surface area (Å²) in [5, 5.41) is 11.4. The van der Waals surface area contributed by atoms with Crippen LogP contribution in [0.3, 0.4) is 0 Å². The topological polar surface area (TPSA) is 47.0 Å². The van der Waals surface area contributed by atoms with E-state index >= 15 is 0 Å². The molecule has 1 heterocycles. The fourth-order valence-corrected chi connectivity index (χ4v) is 2.00. The second kappa shape index (κ2) is 5.69. The highest BCUT2D eigenvalue weighted by Crippen LogP contribution is 2.26. The Morgan fingerprint density at radius 3 is 2.47 bits per heavy atom. The molecule has 19 heavy (non-hydrogen) atoms. The molecule has 0 saturated heterocycles. The van der Waals surface area contributed by atoms with Gasteiger partial charge in [0.25, 0.3) is 0 Å². The maximum atomic E-state index is 5.54. The molecule has 1 N–H and O–H groups in total. The molecule has 4 heteroatoms. The average molecular weight is 257 g/mol. The number of benzene rings is 1. The van der Waals surface area contributed by atoms with Crippen molar-refractivity contribution < 1.29 is 4.74 Å². The predicted molar refractivity (Wildman–Crippen MR) is 77.7 cm³/mol. The third-order valence-electron chi connectivity index (χ3n) is 2.99. The van der Waals surface area contributed by atoms with E-state index in [1.54, 1.807) is 0 Å². The van der Waals surface area contributed by atoms with Gasteiger partial charge in [-0.1, -0.05) is 0 Å². The van der Waals surface area contributed by atoms with Gasteiger partial charge in [-0.3, -0.25) is 0 Å². The third-order valence-corrected chi connectivity index (χ3v) is 2.99. The zero-order valence-electron chi connectivity index (χ0n) is 11.8. The van der Waals surface area contributed by atoms with Crippen LogP contribution in [0.25, 0.3) is 11.3 Å². The van der Waals surface area contributed by atoms with Gasteiger partial charge in [0, 0.05) is 12.6 Å². The Balaban J connectivity index is 2.36. The molecule has 0 amide bonds. The SMILES string of the molecule is CCOc1ccc(-c2cc(C)c(NC)nn2)cc1C. The maximum absolute atomic E-state index is 5.54. The van der Waals surface area contributed by atoms with Crippen molar-refractivity contribution in [1.29, 1.82) is 0 Å². The van der Waals surface area contributed by atoms with Crippen molar-refractivity contribution in [2.45, 2.75) is 20.8 Å². The minimum atomic E-state index is 0.677. The normalized spacial score (nSPS) is 10.3. The number of hydrogen-bond acceptors (Lipinski definition) is 4. The van der Waals surface area contributed by atoms with Crippen molar-refractivity contribution in [1.82, 2.24) is 10.2 Å². The molecule has 0 aliphatic rings. The van der Waals surface area contributed by atoms with Crippen LogP contribution in [-0.2, 0) is 0 Å². The number of anilines is 1. The molecule has 0 bridgehead atoms. The molecule has 0 radical (unpaired) electrons. The first-order valence-electron chi connectivity index (χ1n) is 6.41. The minimum Gasteiger partial charge on any atom is -0.494 e. The van der Waals surface area contributed by atoms with Crippen molar-refractivity contribution in [2.75, 3.05) is 19.0 Å². The molecule has 100 valence electrons. The fraction of sp³-hybridized carbons (Fsp3) is 0.333. The van der Waals surface area contributed by atoms with Gasteiger partial charge >= 0.3 is 0 Å². The Morgan fingerprint density at radius 1 is 1.11 bits per heavy atom. The molecule has 0 atom stereocenters. The van der Waals surface area contributed by atoms with E-state index in [9.17, 15) is 0 Å². The van der Waals surface area contributed by atoms with Crippen LogP contribution >= 0.6 is 0 Å². The Hall–Kier alpha value is -2.10. The average Bonchev–Trinajstić information content (AvgIpc) is 2.41. The van der Waals surface area contributed by atoms with Crippen molar-refractivity contribution in [2.24, 2.45) is 0 Å². The summed E-state index contributed by atoms with van der Waals surface area (Å²) in [6, 6.07) is 8.11. The van der Waals surface area contributed by atoms with Crippen LogP contribution in [-0.4, -0.2) is 23.9 Å². The van der Waals surface area contributed by atoms with Crippen molar-refractivity contribution >= 4 is 5.82 Å². The van der Waals surface area contributed by atoms with Crippen molar-refractivity contribution in [3.63, 3.8) is 0 Å². The van der Waals surface area contributed by atoms with Gasteiger partial charge in [-0.05, 0) is 56.2 Å². The summed E-state index contributed by atoms with van der Waals surface area (Å²) in [5.74, 6) is 1.73. The smallest absolute Gasteiger partial charge is 0.151 e. The lowest BCUT2D eigenvalue weighted by molar-refractivity contribution is 0.338. The number of rotatable bonds is 4. The number of aryl methyl sites for hydroxylation is 2. The summed E-state index contributed by atoms with van der Waals surface area (Å²) in [7, 11) is 1.84. The summed E-state index contributed by atoms with van der Waals surface area (Å²) in [6.07, 6.45) is 0. The highest BCUT2D eigenvalue weighted by atomic mass is 16.5. The van der Waals surface area contributed by atoms with Crippen molar-refractivity contribution in [3.05, 3.63) is 35.4 Å². The third kappa shape index (κ3) is 2.84. The Bertz CT molecular complexity index is 582.